The minimum absolute atomic E-state index is 0.195. The van der Waals surface area contributed by atoms with Gasteiger partial charge in [-0.3, -0.25) is 4.79 Å². The summed E-state index contributed by atoms with van der Waals surface area (Å²) in [6.45, 7) is 0.377. The minimum atomic E-state index is -0.226. The van der Waals surface area contributed by atoms with E-state index in [1.165, 1.54) is 6.07 Å². The number of carbonyl (C=O) groups excluding carboxylic acids is 1. The zero-order valence-electron chi connectivity index (χ0n) is 10.1. The third kappa shape index (κ3) is 3.39. The molecule has 2 aromatic carbocycles. The molecule has 0 aliphatic rings. The van der Waals surface area contributed by atoms with Gasteiger partial charge in [0.25, 0.3) is 5.91 Å². The van der Waals surface area contributed by atoms with E-state index in [9.17, 15) is 4.79 Å². The monoisotopic (exact) mass is 276 g/mol. The van der Waals surface area contributed by atoms with Crippen LogP contribution in [-0.2, 0) is 6.54 Å². The Morgan fingerprint density at radius 3 is 2.53 bits per heavy atom. The fourth-order valence-electron chi connectivity index (χ4n) is 1.58. The number of phenols is 1. The molecule has 2 rings (SSSR count). The van der Waals surface area contributed by atoms with E-state index in [-0.39, 0.29) is 11.7 Å². The van der Waals surface area contributed by atoms with Crippen LogP contribution < -0.4 is 11.1 Å². The number of halogens is 1. The molecule has 0 unspecified atom stereocenters. The maximum Gasteiger partial charge on any atom is 0.251 e. The Labute approximate surface area is 115 Å². The van der Waals surface area contributed by atoms with E-state index in [2.05, 4.69) is 5.32 Å². The van der Waals surface area contributed by atoms with Crippen molar-refractivity contribution in [2.24, 2.45) is 0 Å². The first-order valence-electron chi connectivity index (χ1n) is 5.67. The van der Waals surface area contributed by atoms with Crippen LogP contribution in [0.3, 0.4) is 0 Å². The number of nitrogen functional groups attached to an aromatic ring is 1. The predicted octanol–water partition coefficient (Wildman–Crippen LogP) is 2.56. The van der Waals surface area contributed by atoms with Crippen LogP contribution in [0, 0.1) is 0 Å². The SMILES string of the molecule is Nc1cc(C(=O)NCc2ccc(O)cc2)ccc1Cl. The van der Waals surface area contributed by atoms with Crippen molar-refractivity contribution in [1.29, 1.82) is 0 Å². The molecule has 2 aromatic rings. The molecule has 4 nitrogen and oxygen atoms in total. The molecule has 1 amide bonds. The number of amides is 1. The van der Waals surface area contributed by atoms with Gasteiger partial charge >= 0.3 is 0 Å². The molecule has 0 saturated carbocycles. The predicted molar refractivity (Wildman–Crippen MR) is 75.1 cm³/mol. The van der Waals surface area contributed by atoms with Crippen LogP contribution in [0.25, 0.3) is 0 Å². The van der Waals surface area contributed by atoms with Crippen LogP contribution in [0.4, 0.5) is 5.69 Å². The van der Waals surface area contributed by atoms with Gasteiger partial charge in [-0.2, -0.15) is 0 Å². The van der Waals surface area contributed by atoms with Gasteiger partial charge < -0.3 is 16.2 Å². The van der Waals surface area contributed by atoms with Crippen molar-refractivity contribution in [1.82, 2.24) is 5.32 Å². The standard InChI is InChI=1S/C14H13ClN2O2/c15-12-6-3-10(7-13(12)16)14(19)17-8-9-1-4-11(18)5-2-9/h1-7,18H,8,16H2,(H,17,19). The van der Waals surface area contributed by atoms with Crippen LogP contribution >= 0.6 is 11.6 Å². The summed E-state index contributed by atoms with van der Waals surface area (Å²) in [6, 6.07) is 11.4. The largest absolute Gasteiger partial charge is 0.508 e. The van der Waals surface area contributed by atoms with Crippen molar-refractivity contribution in [2.45, 2.75) is 6.54 Å². The Bertz CT molecular complexity index is 597. The van der Waals surface area contributed by atoms with Crippen molar-refractivity contribution >= 4 is 23.2 Å². The van der Waals surface area contributed by atoms with E-state index in [0.717, 1.165) is 5.56 Å². The van der Waals surface area contributed by atoms with Crippen molar-refractivity contribution in [3.63, 3.8) is 0 Å². The summed E-state index contributed by atoms with van der Waals surface area (Å²) in [7, 11) is 0. The lowest BCUT2D eigenvalue weighted by atomic mass is 10.1. The van der Waals surface area contributed by atoms with Gasteiger partial charge in [-0.1, -0.05) is 23.7 Å². The lowest BCUT2D eigenvalue weighted by Crippen LogP contribution is -2.22. The van der Waals surface area contributed by atoms with Crippen LogP contribution in [0.2, 0.25) is 5.02 Å². The summed E-state index contributed by atoms with van der Waals surface area (Å²) in [5, 5.41) is 12.3. The van der Waals surface area contributed by atoms with Crippen LogP contribution in [0.15, 0.2) is 42.5 Å². The first-order valence-corrected chi connectivity index (χ1v) is 6.05. The average Bonchev–Trinajstić information content (AvgIpc) is 2.41. The van der Waals surface area contributed by atoms with Crippen molar-refractivity contribution in [3.8, 4) is 5.75 Å². The highest BCUT2D eigenvalue weighted by molar-refractivity contribution is 6.33. The van der Waals surface area contributed by atoms with E-state index in [4.69, 9.17) is 22.4 Å². The van der Waals surface area contributed by atoms with Crippen LogP contribution in [-0.4, -0.2) is 11.0 Å². The van der Waals surface area contributed by atoms with Gasteiger partial charge in [-0.25, -0.2) is 0 Å². The summed E-state index contributed by atoms with van der Waals surface area (Å²) >= 11 is 5.79. The number of carbonyl (C=O) groups is 1. The van der Waals surface area contributed by atoms with Crippen molar-refractivity contribution in [3.05, 3.63) is 58.6 Å². The topological polar surface area (TPSA) is 75.4 Å². The molecule has 0 heterocycles. The Hall–Kier alpha value is -2.20. The lowest BCUT2D eigenvalue weighted by molar-refractivity contribution is 0.0951. The normalized spacial score (nSPS) is 10.2. The summed E-state index contributed by atoms with van der Waals surface area (Å²) in [4.78, 5) is 11.9. The lowest BCUT2D eigenvalue weighted by Gasteiger charge is -2.07. The first kappa shape index (κ1) is 13.2. The van der Waals surface area contributed by atoms with Gasteiger partial charge in [0.15, 0.2) is 0 Å². The van der Waals surface area contributed by atoms with Gasteiger partial charge in [0.05, 0.1) is 10.7 Å². The first-order chi connectivity index (χ1) is 9.06. The Kier molecular flexibility index (Phi) is 3.92. The number of hydrogen-bond donors (Lipinski definition) is 3. The van der Waals surface area contributed by atoms with Gasteiger partial charge in [-0.05, 0) is 35.9 Å². The third-order valence-corrected chi connectivity index (χ3v) is 2.99. The number of aromatic hydroxyl groups is 1. The molecule has 0 aromatic heterocycles. The molecule has 98 valence electrons. The fraction of sp³-hybridized carbons (Fsp3) is 0.0714. The number of benzene rings is 2. The van der Waals surface area contributed by atoms with Crippen LogP contribution in [0.1, 0.15) is 15.9 Å². The average molecular weight is 277 g/mol. The number of nitrogens with two attached hydrogens (primary N) is 1. The molecule has 0 radical (unpaired) electrons. The molecule has 0 spiro atoms. The highest BCUT2D eigenvalue weighted by Crippen LogP contribution is 2.19. The molecule has 0 atom stereocenters. The molecule has 4 N–H and O–H groups in total. The Morgan fingerprint density at radius 1 is 1.21 bits per heavy atom. The maximum atomic E-state index is 11.9. The zero-order chi connectivity index (χ0) is 13.8. The quantitative estimate of drug-likeness (QED) is 0.754. The number of hydrogen-bond acceptors (Lipinski definition) is 3. The molecule has 0 aliphatic carbocycles. The number of nitrogens with one attached hydrogen (secondary N) is 1. The molecular formula is C14H13ClN2O2. The van der Waals surface area contributed by atoms with E-state index in [1.54, 1.807) is 36.4 Å². The minimum Gasteiger partial charge on any atom is -0.508 e. The van der Waals surface area contributed by atoms with Gasteiger partial charge in [-0.15, -0.1) is 0 Å². The summed E-state index contributed by atoms with van der Waals surface area (Å²) in [5.74, 6) is -0.0306. The van der Waals surface area contributed by atoms with Crippen LogP contribution in [0.5, 0.6) is 5.75 Å². The maximum absolute atomic E-state index is 11.9. The van der Waals surface area contributed by atoms with E-state index < -0.39 is 0 Å². The summed E-state index contributed by atoms with van der Waals surface area (Å²) < 4.78 is 0. The Balaban J connectivity index is 2.01. The number of rotatable bonds is 3. The molecule has 0 bridgehead atoms. The van der Waals surface area contributed by atoms with E-state index in [1.807, 2.05) is 0 Å². The Morgan fingerprint density at radius 2 is 1.89 bits per heavy atom. The summed E-state index contributed by atoms with van der Waals surface area (Å²) in [6.07, 6.45) is 0. The molecule has 0 fully saturated rings. The highest BCUT2D eigenvalue weighted by atomic mass is 35.5. The number of phenolic OH excluding ortho intramolecular Hbond substituents is 1. The molecule has 19 heavy (non-hydrogen) atoms. The zero-order valence-corrected chi connectivity index (χ0v) is 10.8. The van der Waals surface area contributed by atoms with Gasteiger partial charge in [0, 0.05) is 12.1 Å². The van der Waals surface area contributed by atoms with Gasteiger partial charge in [0.2, 0.25) is 0 Å². The molecular weight excluding hydrogens is 264 g/mol. The highest BCUT2D eigenvalue weighted by Gasteiger charge is 2.07. The van der Waals surface area contributed by atoms with Crippen molar-refractivity contribution in [2.75, 3.05) is 5.73 Å². The molecule has 0 saturated heterocycles. The van der Waals surface area contributed by atoms with Gasteiger partial charge in [0.1, 0.15) is 5.75 Å². The second kappa shape index (κ2) is 5.63. The fourth-order valence-corrected chi connectivity index (χ4v) is 1.70. The van der Waals surface area contributed by atoms with E-state index in [0.29, 0.717) is 22.8 Å². The number of anilines is 1. The second-order valence-corrected chi connectivity index (χ2v) is 4.49. The third-order valence-electron chi connectivity index (χ3n) is 2.65. The van der Waals surface area contributed by atoms with E-state index >= 15 is 0 Å². The molecule has 0 aliphatic heterocycles. The smallest absolute Gasteiger partial charge is 0.251 e. The molecule has 5 heteroatoms. The second-order valence-electron chi connectivity index (χ2n) is 4.09. The van der Waals surface area contributed by atoms with Crippen molar-refractivity contribution < 1.29 is 9.90 Å². The summed E-state index contributed by atoms with van der Waals surface area (Å²) in [5.41, 5.74) is 7.37.